The molecule has 1 saturated heterocycles. The number of aliphatic carboxylic acids is 1. The number of hydrogen-bond acceptors (Lipinski definition) is 5. The maximum absolute atomic E-state index is 12.5. The first-order chi connectivity index (χ1) is 9.80. The number of halogens is 2. The Labute approximate surface area is 136 Å². The van der Waals surface area contributed by atoms with Crippen LogP contribution in [0.4, 0.5) is 0 Å². The van der Waals surface area contributed by atoms with E-state index in [1.54, 1.807) is 0 Å². The molecule has 10 heteroatoms. The Balaban J connectivity index is 2.01. The molecule has 1 fully saturated rings. The minimum absolute atomic E-state index is 0.0400. The minimum Gasteiger partial charge on any atom is -0.481 e. The Hall–Kier alpha value is -0.380. The maximum Gasteiger partial charge on any atom is 0.304 e. The third-order valence-electron chi connectivity index (χ3n) is 3.22. The number of carbonyl (C=O) groups is 1. The van der Waals surface area contributed by atoms with Crippen molar-refractivity contribution >= 4 is 50.5 Å². The van der Waals surface area contributed by atoms with Gasteiger partial charge in [0.05, 0.1) is 10.8 Å². The van der Waals surface area contributed by atoms with Crippen molar-refractivity contribution in [1.29, 1.82) is 0 Å². The molecule has 2 heterocycles. The summed E-state index contributed by atoms with van der Waals surface area (Å²) in [5.41, 5.74) is 0. The molecule has 21 heavy (non-hydrogen) atoms. The quantitative estimate of drug-likeness (QED) is 0.852. The van der Waals surface area contributed by atoms with Gasteiger partial charge in [0.15, 0.2) is 0 Å². The van der Waals surface area contributed by atoms with Crippen LogP contribution in [0.25, 0.3) is 0 Å². The largest absolute Gasteiger partial charge is 0.481 e. The van der Waals surface area contributed by atoms with Crippen molar-refractivity contribution < 1.29 is 18.3 Å². The summed E-state index contributed by atoms with van der Waals surface area (Å²) >= 11 is 12.7. The fourth-order valence-corrected chi connectivity index (χ4v) is 5.62. The van der Waals surface area contributed by atoms with Gasteiger partial charge in [-0.2, -0.15) is 4.31 Å². The lowest BCUT2D eigenvalue weighted by atomic mass is 10.3. The molecule has 1 N–H and O–H groups in total. The first-order valence-corrected chi connectivity index (χ1v) is 9.21. The molecule has 0 bridgehead atoms. The number of carboxylic acids is 1. The van der Waals surface area contributed by atoms with Gasteiger partial charge in [-0.05, 0) is 6.07 Å². The van der Waals surface area contributed by atoms with Crippen LogP contribution in [0.2, 0.25) is 8.67 Å². The summed E-state index contributed by atoms with van der Waals surface area (Å²) in [5.74, 6) is -0.857. The number of thiophene rings is 1. The first kappa shape index (κ1) is 17.0. The summed E-state index contributed by atoms with van der Waals surface area (Å²) in [4.78, 5) is 12.5. The lowest BCUT2D eigenvalue weighted by molar-refractivity contribution is -0.137. The van der Waals surface area contributed by atoms with Crippen LogP contribution in [0.3, 0.4) is 0 Å². The van der Waals surface area contributed by atoms with Gasteiger partial charge in [0.25, 0.3) is 0 Å². The van der Waals surface area contributed by atoms with Gasteiger partial charge in [-0.3, -0.25) is 4.79 Å². The molecule has 1 aliphatic rings. The second-order valence-electron chi connectivity index (χ2n) is 4.58. The lowest BCUT2D eigenvalue weighted by Gasteiger charge is -2.33. The fourth-order valence-electron chi connectivity index (χ4n) is 2.09. The highest BCUT2D eigenvalue weighted by Gasteiger charge is 2.31. The molecule has 6 nitrogen and oxygen atoms in total. The average Bonchev–Trinajstić information content (AvgIpc) is 2.76. The summed E-state index contributed by atoms with van der Waals surface area (Å²) < 4.78 is 26.8. The monoisotopic (exact) mass is 372 g/mol. The van der Waals surface area contributed by atoms with Gasteiger partial charge in [-0.1, -0.05) is 23.2 Å². The van der Waals surface area contributed by atoms with Crippen LogP contribution in [-0.2, 0) is 14.8 Å². The first-order valence-electron chi connectivity index (χ1n) is 6.20. The molecule has 0 spiro atoms. The van der Waals surface area contributed by atoms with Crippen molar-refractivity contribution in [3.8, 4) is 0 Å². The van der Waals surface area contributed by atoms with Gasteiger partial charge in [0.2, 0.25) is 10.0 Å². The van der Waals surface area contributed by atoms with Crippen molar-refractivity contribution in [2.45, 2.75) is 11.3 Å². The molecule has 0 radical (unpaired) electrons. The summed E-state index contributed by atoms with van der Waals surface area (Å²) in [6.45, 7) is 2.05. The molecule has 0 saturated carbocycles. The van der Waals surface area contributed by atoms with E-state index in [9.17, 15) is 13.2 Å². The summed E-state index contributed by atoms with van der Waals surface area (Å²) in [5, 5.41) is 8.65. The number of hydrogen-bond donors (Lipinski definition) is 1. The van der Waals surface area contributed by atoms with E-state index in [1.165, 1.54) is 10.4 Å². The van der Waals surface area contributed by atoms with Crippen molar-refractivity contribution in [1.82, 2.24) is 9.21 Å². The molecule has 0 amide bonds. The molecule has 118 valence electrons. The highest BCUT2D eigenvalue weighted by atomic mass is 35.5. The second-order valence-corrected chi connectivity index (χ2v) is 8.77. The summed E-state index contributed by atoms with van der Waals surface area (Å²) in [7, 11) is -3.64. The number of nitrogens with zero attached hydrogens (tertiary/aromatic N) is 2. The average molecular weight is 373 g/mol. The lowest BCUT2D eigenvalue weighted by Crippen LogP contribution is -2.48. The van der Waals surface area contributed by atoms with Crippen molar-refractivity contribution in [2.24, 2.45) is 0 Å². The number of carboxylic acid groups (broad SMARTS) is 1. The topological polar surface area (TPSA) is 77.9 Å². The zero-order chi connectivity index (χ0) is 15.6. The summed E-state index contributed by atoms with van der Waals surface area (Å²) in [6.07, 6.45) is 0.0543. The van der Waals surface area contributed by atoms with Crippen LogP contribution in [0.15, 0.2) is 11.0 Å². The van der Waals surface area contributed by atoms with Gasteiger partial charge < -0.3 is 10.0 Å². The predicted octanol–water partition coefficient (Wildman–Crippen LogP) is 1.84. The van der Waals surface area contributed by atoms with Gasteiger partial charge in [0.1, 0.15) is 9.23 Å². The van der Waals surface area contributed by atoms with Crippen molar-refractivity contribution in [2.75, 3.05) is 32.7 Å². The van der Waals surface area contributed by atoms with E-state index < -0.39 is 16.0 Å². The van der Waals surface area contributed by atoms with Crippen LogP contribution in [0.1, 0.15) is 6.42 Å². The van der Waals surface area contributed by atoms with Crippen LogP contribution >= 0.6 is 34.5 Å². The van der Waals surface area contributed by atoms with Gasteiger partial charge in [0, 0.05) is 32.7 Å². The second kappa shape index (κ2) is 6.80. The third kappa shape index (κ3) is 4.08. The zero-order valence-electron chi connectivity index (χ0n) is 11.0. The Morgan fingerprint density at radius 3 is 2.38 bits per heavy atom. The van der Waals surface area contributed by atoms with E-state index in [-0.39, 0.29) is 15.7 Å². The van der Waals surface area contributed by atoms with E-state index in [4.69, 9.17) is 28.3 Å². The van der Waals surface area contributed by atoms with Gasteiger partial charge in [-0.25, -0.2) is 8.42 Å². The van der Waals surface area contributed by atoms with Crippen LogP contribution in [0, 0.1) is 0 Å². The molecule has 1 aliphatic heterocycles. The van der Waals surface area contributed by atoms with E-state index in [0.29, 0.717) is 37.1 Å². The smallest absolute Gasteiger partial charge is 0.304 e. The molecule has 0 aliphatic carbocycles. The standard InChI is InChI=1S/C11H14Cl2N2O4S2/c12-9-7-8(11(13)20-9)21(18,19)15-5-3-14(4-6-15)2-1-10(16)17/h7H,1-6H2,(H,16,17). The van der Waals surface area contributed by atoms with Crippen LogP contribution in [0.5, 0.6) is 0 Å². The SMILES string of the molecule is O=C(O)CCN1CCN(S(=O)(=O)c2cc(Cl)sc2Cl)CC1. The van der Waals surface area contributed by atoms with Gasteiger partial charge >= 0.3 is 5.97 Å². The number of rotatable bonds is 5. The van der Waals surface area contributed by atoms with Gasteiger partial charge in [-0.15, -0.1) is 11.3 Å². The van der Waals surface area contributed by atoms with E-state index >= 15 is 0 Å². The number of piperazine rings is 1. The highest BCUT2D eigenvalue weighted by Crippen LogP contribution is 2.35. The van der Waals surface area contributed by atoms with Crippen molar-refractivity contribution in [3.05, 3.63) is 14.7 Å². The predicted molar refractivity (Wildman–Crippen MR) is 81.8 cm³/mol. The maximum atomic E-state index is 12.5. The summed E-state index contributed by atoms with van der Waals surface area (Å²) in [6, 6.07) is 1.36. The van der Waals surface area contributed by atoms with E-state index in [0.717, 1.165) is 11.3 Å². The molecular weight excluding hydrogens is 359 g/mol. The van der Waals surface area contributed by atoms with Crippen molar-refractivity contribution in [3.63, 3.8) is 0 Å². The van der Waals surface area contributed by atoms with Crippen LogP contribution in [-0.4, -0.2) is 61.4 Å². The minimum atomic E-state index is -3.64. The van der Waals surface area contributed by atoms with Crippen LogP contribution < -0.4 is 0 Å². The molecule has 1 aromatic rings. The molecule has 0 unspecified atom stereocenters. The van der Waals surface area contributed by atoms with E-state index in [1.807, 2.05) is 4.90 Å². The number of sulfonamides is 1. The van der Waals surface area contributed by atoms with E-state index in [2.05, 4.69) is 0 Å². The molecule has 0 aromatic carbocycles. The molecule has 2 rings (SSSR count). The Morgan fingerprint density at radius 1 is 1.29 bits per heavy atom. The fraction of sp³-hybridized carbons (Fsp3) is 0.545. The molecule has 0 atom stereocenters. The Morgan fingerprint density at radius 2 is 1.90 bits per heavy atom. The Kier molecular flexibility index (Phi) is 5.50. The molecular formula is C11H14Cl2N2O4S2. The molecule has 1 aromatic heterocycles. The highest BCUT2D eigenvalue weighted by molar-refractivity contribution is 7.89. The Bertz CT molecular complexity index is 624. The third-order valence-corrected chi connectivity index (χ3v) is 6.87. The normalized spacial score (nSPS) is 18.0. The zero-order valence-corrected chi connectivity index (χ0v) is 14.1.